The van der Waals surface area contributed by atoms with Gasteiger partial charge in [0.15, 0.2) is 0 Å². The van der Waals surface area contributed by atoms with E-state index in [0.717, 1.165) is 42.5 Å². The Hall–Kier alpha value is -1.89. The summed E-state index contributed by atoms with van der Waals surface area (Å²) in [6, 6.07) is 0. The van der Waals surface area contributed by atoms with Crippen molar-refractivity contribution in [1.29, 1.82) is 0 Å². The van der Waals surface area contributed by atoms with E-state index in [9.17, 15) is 19.5 Å². The molecule has 1 heterocycles. The van der Waals surface area contributed by atoms with Crippen molar-refractivity contribution in [2.45, 2.75) is 71.8 Å². The van der Waals surface area contributed by atoms with Gasteiger partial charge in [0, 0.05) is 4.88 Å². The minimum absolute atomic E-state index is 0.246. The molecule has 0 aliphatic heterocycles. The zero-order valence-corrected chi connectivity index (χ0v) is 17.6. The number of rotatable bonds is 5. The van der Waals surface area contributed by atoms with Crippen LogP contribution in [0.2, 0.25) is 0 Å². The van der Waals surface area contributed by atoms with Gasteiger partial charge in [-0.2, -0.15) is 0 Å². The lowest BCUT2D eigenvalue weighted by molar-refractivity contribution is -0.147. The smallest absolute Gasteiger partial charge is 0.341 e. The van der Waals surface area contributed by atoms with Gasteiger partial charge in [-0.05, 0) is 57.4 Å². The van der Waals surface area contributed by atoms with Crippen LogP contribution in [0.5, 0.6) is 0 Å². The Morgan fingerprint density at radius 1 is 1.14 bits per heavy atom. The molecule has 0 unspecified atom stereocenters. The molecule has 0 spiro atoms. The van der Waals surface area contributed by atoms with Gasteiger partial charge in [-0.3, -0.25) is 9.59 Å². The summed E-state index contributed by atoms with van der Waals surface area (Å²) in [7, 11) is 0. The van der Waals surface area contributed by atoms with E-state index in [1.54, 1.807) is 13.8 Å². The molecule has 2 N–H and O–H groups in total. The van der Waals surface area contributed by atoms with Gasteiger partial charge in [-0.25, -0.2) is 4.79 Å². The van der Waals surface area contributed by atoms with Crippen LogP contribution < -0.4 is 5.32 Å². The summed E-state index contributed by atoms with van der Waals surface area (Å²) in [4.78, 5) is 38.4. The minimum atomic E-state index is -0.918. The van der Waals surface area contributed by atoms with Gasteiger partial charge in [0.1, 0.15) is 5.00 Å². The fourth-order valence-electron chi connectivity index (χ4n) is 4.27. The molecule has 7 heteroatoms. The molecule has 1 saturated carbocycles. The molecule has 1 aromatic rings. The van der Waals surface area contributed by atoms with Crippen LogP contribution in [0.25, 0.3) is 0 Å². The van der Waals surface area contributed by atoms with Gasteiger partial charge < -0.3 is 15.2 Å². The SMILES string of the molecule is CC(C)OC(=O)c1c(NC(=O)[C@@H]2CCCC[C@H]2C(=O)O)sc2c1CC[C@H](C)C2. The van der Waals surface area contributed by atoms with Crippen molar-refractivity contribution in [3.63, 3.8) is 0 Å². The molecule has 6 nitrogen and oxygen atoms in total. The monoisotopic (exact) mass is 407 g/mol. The second-order valence-corrected chi connectivity index (χ2v) is 9.44. The second-order valence-electron chi connectivity index (χ2n) is 8.33. The molecule has 0 radical (unpaired) electrons. The lowest BCUT2D eigenvalue weighted by Crippen LogP contribution is -2.36. The lowest BCUT2D eigenvalue weighted by atomic mass is 9.78. The first-order chi connectivity index (χ1) is 13.3. The van der Waals surface area contributed by atoms with Gasteiger partial charge in [-0.1, -0.05) is 19.8 Å². The molecule has 1 aromatic heterocycles. The Morgan fingerprint density at radius 3 is 2.46 bits per heavy atom. The summed E-state index contributed by atoms with van der Waals surface area (Å²) in [6.07, 6.45) is 5.21. The number of fused-ring (bicyclic) bond motifs is 1. The minimum Gasteiger partial charge on any atom is -0.481 e. The molecule has 0 aromatic carbocycles. The van der Waals surface area contributed by atoms with Crippen LogP contribution >= 0.6 is 11.3 Å². The largest absolute Gasteiger partial charge is 0.481 e. The van der Waals surface area contributed by atoms with Crippen LogP contribution in [0.3, 0.4) is 0 Å². The normalized spacial score (nSPS) is 24.5. The predicted molar refractivity (Wildman–Crippen MR) is 108 cm³/mol. The third kappa shape index (κ3) is 4.40. The third-order valence-corrected chi connectivity index (χ3v) is 6.88. The Morgan fingerprint density at radius 2 is 1.82 bits per heavy atom. The Kier molecular flexibility index (Phi) is 6.43. The van der Waals surface area contributed by atoms with Gasteiger partial charge in [0.25, 0.3) is 0 Å². The number of hydrogen-bond acceptors (Lipinski definition) is 5. The summed E-state index contributed by atoms with van der Waals surface area (Å²) in [5.41, 5.74) is 1.46. The van der Waals surface area contributed by atoms with Crippen molar-refractivity contribution in [3.05, 3.63) is 16.0 Å². The van der Waals surface area contributed by atoms with E-state index in [0.29, 0.717) is 29.3 Å². The number of nitrogens with one attached hydrogen (secondary N) is 1. The van der Waals surface area contributed by atoms with Crippen molar-refractivity contribution < 1.29 is 24.2 Å². The van der Waals surface area contributed by atoms with Crippen molar-refractivity contribution in [2.75, 3.05) is 5.32 Å². The zero-order chi connectivity index (χ0) is 20.4. The van der Waals surface area contributed by atoms with Crippen LogP contribution in [0.15, 0.2) is 0 Å². The highest BCUT2D eigenvalue weighted by molar-refractivity contribution is 7.17. The molecule has 1 fully saturated rings. The maximum absolute atomic E-state index is 12.9. The standard InChI is InChI=1S/C21H29NO5S/c1-11(2)27-21(26)17-15-9-8-12(3)10-16(15)28-19(17)22-18(23)13-6-4-5-7-14(13)20(24)25/h11-14H,4-10H2,1-3H3,(H,22,23)(H,24,25)/t12-,13+,14+/m0/s1. The molecule has 0 saturated heterocycles. The fraction of sp³-hybridized carbons (Fsp3) is 0.667. The maximum Gasteiger partial charge on any atom is 0.341 e. The number of carboxylic acids is 1. The molecule has 0 bridgehead atoms. The van der Waals surface area contributed by atoms with Crippen molar-refractivity contribution in [1.82, 2.24) is 0 Å². The topological polar surface area (TPSA) is 92.7 Å². The van der Waals surface area contributed by atoms with Crippen LogP contribution in [0, 0.1) is 17.8 Å². The van der Waals surface area contributed by atoms with Gasteiger partial charge in [0.2, 0.25) is 5.91 Å². The van der Waals surface area contributed by atoms with E-state index < -0.39 is 23.8 Å². The Balaban J connectivity index is 1.89. The summed E-state index contributed by atoms with van der Waals surface area (Å²) in [6.45, 7) is 5.79. The predicted octanol–water partition coefficient (Wildman–Crippen LogP) is 4.27. The summed E-state index contributed by atoms with van der Waals surface area (Å²) >= 11 is 1.44. The van der Waals surface area contributed by atoms with Crippen molar-refractivity contribution in [2.24, 2.45) is 17.8 Å². The fourth-order valence-corrected chi connectivity index (χ4v) is 5.67. The average molecular weight is 408 g/mol. The molecule has 2 aliphatic rings. The molecule has 1 amide bonds. The number of hydrogen-bond donors (Lipinski definition) is 2. The number of carboxylic acid groups (broad SMARTS) is 1. The third-order valence-electron chi connectivity index (χ3n) is 5.72. The van der Waals surface area contributed by atoms with Crippen LogP contribution in [-0.2, 0) is 27.2 Å². The molecular formula is C21H29NO5S. The first kappa shape index (κ1) is 20.8. The van der Waals surface area contributed by atoms with Crippen LogP contribution in [0.4, 0.5) is 5.00 Å². The highest BCUT2D eigenvalue weighted by Crippen LogP contribution is 2.41. The van der Waals surface area contributed by atoms with Gasteiger partial charge >= 0.3 is 11.9 Å². The first-order valence-electron chi connectivity index (χ1n) is 10.2. The Labute approximate surface area is 169 Å². The molecule has 3 rings (SSSR count). The number of carbonyl (C=O) groups is 3. The molecular weight excluding hydrogens is 378 g/mol. The number of aliphatic carboxylic acids is 1. The number of thiophene rings is 1. The molecule has 28 heavy (non-hydrogen) atoms. The summed E-state index contributed by atoms with van der Waals surface area (Å²) in [5.74, 6) is -2.29. The van der Waals surface area contributed by atoms with Crippen LogP contribution in [-0.4, -0.2) is 29.1 Å². The van der Waals surface area contributed by atoms with Crippen molar-refractivity contribution in [3.8, 4) is 0 Å². The van der Waals surface area contributed by atoms with E-state index in [-0.39, 0.29) is 12.0 Å². The van der Waals surface area contributed by atoms with E-state index in [1.807, 2.05) is 0 Å². The number of esters is 1. The number of amides is 1. The van der Waals surface area contributed by atoms with Crippen molar-refractivity contribution >= 4 is 34.2 Å². The summed E-state index contributed by atoms with van der Waals surface area (Å²) < 4.78 is 5.44. The van der Waals surface area contributed by atoms with E-state index in [4.69, 9.17) is 4.74 Å². The van der Waals surface area contributed by atoms with E-state index in [2.05, 4.69) is 12.2 Å². The number of carbonyl (C=O) groups excluding carboxylic acids is 2. The molecule has 2 aliphatic carbocycles. The lowest BCUT2D eigenvalue weighted by Gasteiger charge is -2.27. The van der Waals surface area contributed by atoms with Gasteiger partial charge in [-0.15, -0.1) is 11.3 Å². The highest BCUT2D eigenvalue weighted by Gasteiger charge is 2.37. The molecule has 154 valence electrons. The highest BCUT2D eigenvalue weighted by atomic mass is 32.1. The average Bonchev–Trinajstić information content (AvgIpc) is 2.97. The van der Waals surface area contributed by atoms with E-state index >= 15 is 0 Å². The summed E-state index contributed by atoms with van der Waals surface area (Å²) in [5, 5.41) is 12.9. The number of ether oxygens (including phenoxy) is 1. The second kappa shape index (κ2) is 8.64. The maximum atomic E-state index is 12.9. The van der Waals surface area contributed by atoms with Crippen LogP contribution in [0.1, 0.15) is 73.7 Å². The molecule has 3 atom stereocenters. The van der Waals surface area contributed by atoms with E-state index in [1.165, 1.54) is 11.3 Å². The zero-order valence-electron chi connectivity index (χ0n) is 16.7. The number of anilines is 1. The van der Waals surface area contributed by atoms with Gasteiger partial charge in [0.05, 0.1) is 23.5 Å². The first-order valence-corrected chi connectivity index (χ1v) is 11.0. The Bertz CT molecular complexity index is 769. The quantitative estimate of drug-likeness (QED) is 0.711.